The monoisotopic (exact) mass is 343 g/mol. The number of ether oxygens (including phenoxy) is 1. The number of hydrogen-bond donors (Lipinski definition) is 1. The summed E-state index contributed by atoms with van der Waals surface area (Å²) in [6, 6.07) is 7.26. The number of methoxy groups -OCH3 is 1. The van der Waals surface area contributed by atoms with Gasteiger partial charge in [-0.3, -0.25) is 4.79 Å². The Morgan fingerprint density at radius 1 is 1.44 bits per heavy atom. The van der Waals surface area contributed by atoms with E-state index in [0.29, 0.717) is 11.7 Å². The minimum absolute atomic E-state index is 0.0951. The summed E-state index contributed by atoms with van der Waals surface area (Å²) in [5.41, 5.74) is 0.822. The minimum atomic E-state index is -0.259. The van der Waals surface area contributed by atoms with Crippen molar-refractivity contribution in [2.45, 2.75) is 45.6 Å². The van der Waals surface area contributed by atoms with E-state index >= 15 is 0 Å². The minimum Gasteiger partial charge on any atom is -0.497 e. The Kier molecular flexibility index (Phi) is 5.36. The molecule has 2 atom stereocenters. The molecule has 3 rings (SSSR count). The molecule has 0 unspecified atom stereocenters. The van der Waals surface area contributed by atoms with E-state index in [1.165, 1.54) is 0 Å². The lowest BCUT2D eigenvalue weighted by Crippen LogP contribution is -2.39. The average Bonchev–Trinajstić information content (AvgIpc) is 3.07. The van der Waals surface area contributed by atoms with E-state index in [4.69, 9.17) is 9.26 Å². The summed E-state index contributed by atoms with van der Waals surface area (Å²) in [6.45, 7) is 4.17. The van der Waals surface area contributed by atoms with Crippen molar-refractivity contribution in [3.63, 3.8) is 0 Å². The molecule has 25 heavy (non-hydrogen) atoms. The first-order valence-electron chi connectivity index (χ1n) is 8.90. The Hall–Kier alpha value is -2.37. The topological polar surface area (TPSA) is 77.2 Å². The second-order valence-corrected chi connectivity index (χ2v) is 6.69. The highest BCUT2D eigenvalue weighted by molar-refractivity contribution is 5.79. The van der Waals surface area contributed by atoms with E-state index in [-0.39, 0.29) is 23.8 Å². The summed E-state index contributed by atoms with van der Waals surface area (Å²) >= 11 is 0. The van der Waals surface area contributed by atoms with E-state index < -0.39 is 0 Å². The maximum atomic E-state index is 12.4. The quantitative estimate of drug-likeness (QED) is 0.828. The number of hydrogen-bond acceptors (Lipinski definition) is 5. The largest absolute Gasteiger partial charge is 0.497 e. The van der Waals surface area contributed by atoms with Crippen LogP contribution in [0.25, 0.3) is 11.4 Å². The standard InChI is InChI=1S/C19H25N3O3/c1-4-12(2)16(20-18(23)13-7-5-8-13)19-21-17(22-25-19)14-9-6-10-15(11-14)24-3/h6,9-13,16H,4-5,7-8H2,1-3H3,(H,20,23)/t12-,16-/m1/s1. The van der Waals surface area contributed by atoms with E-state index in [9.17, 15) is 4.79 Å². The fourth-order valence-electron chi connectivity index (χ4n) is 2.87. The van der Waals surface area contributed by atoms with Crippen molar-refractivity contribution >= 4 is 5.91 Å². The predicted molar refractivity (Wildman–Crippen MR) is 94.0 cm³/mol. The third kappa shape index (κ3) is 3.83. The number of carbonyl (C=O) groups is 1. The second-order valence-electron chi connectivity index (χ2n) is 6.69. The SMILES string of the molecule is CC[C@@H](C)[C@@H](NC(=O)C1CCC1)c1nc(-c2cccc(OC)c2)no1. The highest BCUT2D eigenvalue weighted by Gasteiger charge is 2.31. The molecule has 0 aliphatic heterocycles. The van der Waals surface area contributed by atoms with Crippen LogP contribution in [0.3, 0.4) is 0 Å². The lowest BCUT2D eigenvalue weighted by Gasteiger charge is -2.28. The fraction of sp³-hybridized carbons (Fsp3) is 0.526. The van der Waals surface area contributed by atoms with Gasteiger partial charge in [-0.05, 0) is 30.9 Å². The number of rotatable bonds is 7. The number of benzene rings is 1. The molecule has 1 aliphatic carbocycles. The summed E-state index contributed by atoms with van der Waals surface area (Å²) in [4.78, 5) is 16.9. The first-order valence-corrected chi connectivity index (χ1v) is 8.90. The average molecular weight is 343 g/mol. The molecule has 1 aromatic carbocycles. The maximum Gasteiger partial charge on any atom is 0.249 e. The molecule has 1 saturated carbocycles. The van der Waals surface area contributed by atoms with Crippen molar-refractivity contribution in [3.8, 4) is 17.1 Å². The molecule has 0 saturated heterocycles. The zero-order valence-electron chi connectivity index (χ0n) is 15.0. The zero-order valence-corrected chi connectivity index (χ0v) is 15.0. The smallest absolute Gasteiger partial charge is 0.249 e. The summed E-state index contributed by atoms with van der Waals surface area (Å²) in [7, 11) is 1.62. The third-order valence-electron chi connectivity index (χ3n) is 5.02. The van der Waals surface area contributed by atoms with Crippen LogP contribution >= 0.6 is 0 Å². The van der Waals surface area contributed by atoms with Gasteiger partial charge in [-0.15, -0.1) is 0 Å². The Bertz CT molecular complexity index is 724. The van der Waals surface area contributed by atoms with Crippen LogP contribution in [0.15, 0.2) is 28.8 Å². The Labute approximate surface area is 148 Å². The highest BCUT2D eigenvalue weighted by atomic mass is 16.5. The summed E-state index contributed by atoms with van der Waals surface area (Å²) in [6.07, 6.45) is 3.98. The number of carbonyl (C=O) groups excluding carboxylic acids is 1. The molecule has 1 aliphatic rings. The molecule has 2 aromatic rings. The van der Waals surface area contributed by atoms with Crippen molar-refractivity contribution in [1.82, 2.24) is 15.5 Å². The van der Waals surface area contributed by atoms with Crippen LogP contribution in [-0.4, -0.2) is 23.2 Å². The summed E-state index contributed by atoms with van der Waals surface area (Å²) in [5.74, 6) is 2.13. The van der Waals surface area contributed by atoms with Gasteiger partial charge in [0, 0.05) is 11.5 Å². The number of nitrogens with one attached hydrogen (secondary N) is 1. The van der Waals surface area contributed by atoms with E-state index in [0.717, 1.165) is 37.0 Å². The molecule has 0 radical (unpaired) electrons. The summed E-state index contributed by atoms with van der Waals surface area (Å²) in [5, 5.41) is 7.21. The van der Waals surface area contributed by atoms with Crippen molar-refractivity contribution in [3.05, 3.63) is 30.2 Å². The number of nitrogens with zero attached hydrogens (tertiary/aromatic N) is 2. The van der Waals surface area contributed by atoms with Gasteiger partial charge in [0.05, 0.1) is 7.11 Å². The van der Waals surface area contributed by atoms with Gasteiger partial charge in [-0.2, -0.15) is 4.98 Å². The van der Waals surface area contributed by atoms with Gasteiger partial charge in [0.15, 0.2) is 0 Å². The molecule has 1 fully saturated rings. The molecule has 0 bridgehead atoms. The molecule has 134 valence electrons. The molecule has 6 heteroatoms. The van der Waals surface area contributed by atoms with E-state index in [1.807, 2.05) is 24.3 Å². The lowest BCUT2D eigenvalue weighted by molar-refractivity contribution is -0.128. The zero-order chi connectivity index (χ0) is 17.8. The Balaban J connectivity index is 1.81. The molecule has 1 N–H and O–H groups in total. The van der Waals surface area contributed by atoms with Gasteiger partial charge in [0.1, 0.15) is 11.8 Å². The van der Waals surface area contributed by atoms with Crippen LogP contribution in [0.1, 0.15) is 51.5 Å². The molecule has 1 amide bonds. The normalized spacial score (nSPS) is 16.8. The fourth-order valence-corrected chi connectivity index (χ4v) is 2.87. The van der Waals surface area contributed by atoms with Gasteiger partial charge >= 0.3 is 0 Å². The van der Waals surface area contributed by atoms with Gasteiger partial charge in [0.25, 0.3) is 0 Å². The Morgan fingerprint density at radius 2 is 2.24 bits per heavy atom. The molecule has 0 spiro atoms. The van der Waals surface area contributed by atoms with Gasteiger partial charge in [-0.1, -0.05) is 44.0 Å². The van der Waals surface area contributed by atoms with Gasteiger partial charge < -0.3 is 14.6 Å². The molecular weight excluding hydrogens is 318 g/mol. The Morgan fingerprint density at radius 3 is 2.88 bits per heavy atom. The first kappa shape index (κ1) is 17.5. The van der Waals surface area contributed by atoms with Gasteiger partial charge in [-0.25, -0.2) is 0 Å². The van der Waals surface area contributed by atoms with Crippen molar-refractivity contribution in [2.75, 3.05) is 7.11 Å². The summed E-state index contributed by atoms with van der Waals surface area (Å²) < 4.78 is 10.7. The van der Waals surface area contributed by atoms with Crippen molar-refractivity contribution < 1.29 is 14.1 Å². The number of amides is 1. The molecule has 1 heterocycles. The third-order valence-corrected chi connectivity index (χ3v) is 5.02. The lowest BCUT2D eigenvalue weighted by atomic mass is 9.84. The van der Waals surface area contributed by atoms with Gasteiger partial charge in [0.2, 0.25) is 17.6 Å². The van der Waals surface area contributed by atoms with E-state index in [2.05, 4.69) is 29.3 Å². The van der Waals surface area contributed by atoms with Crippen LogP contribution in [0.4, 0.5) is 0 Å². The highest BCUT2D eigenvalue weighted by Crippen LogP contribution is 2.30. The van der Waals surface area contributed by atoms with Crippen molar-refractivity contribution in [1.29, 1.82) is 0 Å². The van der Waals surface area contributed by atoms with Crippen LogP contribution in [-0.2, 0) is 4.79 Å². The number of aromatic nitrogens is 2. The van der Waals surface area contributed by atoms with Crippen molar-refractivity contribution in [2.24, 2.45) is 11.8 Å². The second kappa shape index (κ2) is 7.68. The maximum absolute atomic E-state index is 12.4. The van der Waals surface area contributed by atoms with Crippen LogP contribution in [0.2, 0.25) is 0 Å². The van der Waals surface area contributed by atoms with E-state index in [1.54, 1.807) is 7.11 Å². The van der Waals surface area contributed by atoms with Crippen LogP contribution in [0, 0.1) is 11.8 Å². The molecule has 1 aromatic heterocycles. The van der Waals surface area contributed by atoms with Crippen LogP contribution < -0.4 is 10.1 Å². The first-order chi connectivity index (χ1) is 12.1. The molecular formula is C19H25N3O3. The van der Waals surface area contributed by atoms with Crippen LogP contribution in [0.5, 0.6) is 5.75 Å². The molecule has 6 nitrogen and oxygen atoms in total. The predicted octanol–water partition coefficient (Wildman–Crippen LogP) is 3.75.